The van der Waals surface area contributed by atoms with Gasteiger partial charge in [0.15, 0.2) is 0 Å². The lowest BCUT2D eigenvalue weighted by atomic mass is 9.87. The van der Waals surface area contributed by atoms with Crippen molar-refractivity contribution in [3.05, 3.63) is 41.4 Å². The lowest BCUT2D eigenvalue weighted by Gasteiger charge is -2.37. The molecule has 1 aliphatic heterocycles. The van der Waals surface area contributed by atoms with Crippen LogP contribution in [-0.4, -0.2) is 40.5 Å². The van der Waals surface area contributed by atoms with E-state index in [1.807, 2.05) is 13.0 Å². The maximum atomic E-state index is 12.2. The zero-order valence-corrected chi connectivity index (χ0v) is 13.9. The van der Waals surface area contributed by atoms with Gasteiger partial charge in [-0.15, -0.1) is 0 Å². The van der Waals surface area contributed by atoms with Crippen molar-refractivity contribution < 1.29 is 14.7 Å². The first-order chi connectivity index (χ1) is 10.8. The molecule has 0 saturated carbocycles. The van der Waals surface area contributed by atoms with Crippen molar-refractivity contribution >= 4 is 29.1 Å². The molecule has 2 rings (SSSR count). The van der Waals surface area contributed by atoms with Crippen molar-refractivity contribution in [1.29, 1.82) is 0 Å². The van der Waals surface area contributed by atoms with Gasteiger partial charge in [-0.3, -0.25) is 9.59 Å². The molecule has 0 bridgehead atoms. The summed E-state index contributed by atoms with van der Waals surface area (Å²) in [4.78, 5) is 25.4. The van der Waals surface area contributed by atoms with Gasteiger partial charge in [-0.05, 0) is 43.5 Å². The molecule has 0 radical (unpaired) electrons. The van der Waals surface area contributed by atoms with E-state index in [-0.39, 0.29) is 18.2 Å². The first-order valence-corrected chi connectivity index (χ1v) is 7.90. The van der Waals surface area contributed by atoms with Crippen molar-refractivity contribution in [2.45, 2.75) is 31.8 Å². The molecule has 5 nitrogen and oxygen atoms in total. The molecule has 1 saturated heterocycles. The van der Waals surface area contributed by atoms with Crippen LogP contribution in [0.15, 0.2) is 30.9 Å². The molecule has 124 valence electrons. The third kappa shape index (κ3) is 4.56. The van der Waals surface area contributed by atoms with Gasteiger partial charge in [-0.25, -0.2) is 0 Å². The Morgan fingerprint density at radius 2 is 2.09 bits per heavy atom. The molecular formula is C17H21ClN2O3. The number of rotatable bonds is 4. The van der Waals surface area contributed by atoms with Crippen molar-refractivity contribution in [2.24, 2.45) is 0 Å². The molecule has 0 spiro atoms. The van der Waals surface area contributed by atoms with Gasteiger partial charge in [0.2, 0.25) is 11.8 Å². The molecule has 1 aromatic carbocycles. The van der Waals surface area contributed by atoms with Gasteiger partial charge in [0, 0.05) is 23.8 Å². The quantitative estimate of drug-likeness (QED) is 0.830. The highest BCUT2D eigenvalue weighted by atomic mass is 35.5. The largest absolute Gasteiger partial charge is 0.389 e. The Morgan fingerprint density at radius 3 is 2.70 bits per heavy atom. The highest BCUT2D eigenvalue weighted by Crippen LogP contribution is 2.27. The van der Waals surface area contributed by atoms with E-state index in [1.165, 1.54) is 6.08 Å². The third-order valence-corrected chi connectivity index (χ3v) is 4.38. The number of piperidine rings is 1. The van der Waals surface area contributed by atoms with E-state index in [4.69, 9.17) is 11.6 Å². The molecule has 6 heteroatoms. The fourth-order valence-electron chi connectivity index (χ4n) is 2.67. The summed E-state index contributed by atoms with van der Waals surface area (Å²) in [7, 11) is 0. The Balaban J connectivity index is 1.94. The highest BCUT2D eigenvalue weighted by molar-refractivity contribution is 6.31. The first-order valence-electron chi connectivity index (χ1n) is 7.53. The van der Waals surface area contributed by atoms with Gasteiger partial charge in [-0.1, -0.05) is 24.2 Å². The second-order valence-corrected chi connectivity index (χ2v) is 6.37. The molecule has 1 aromatic rings. The molecule has 23 heavy (non-hydrogen) atoms. The van der Waals surface area contributed by atoms with Crippen molar-refractivity contribution in [1.82, 2.24) is 4.90 Å². The number of aryl methyl sites for hydroxylation is 1. The summed E-state index contributed by atoms with van der Waals surface area (Å²) in [5.74, 6) is -0.410. The summed E-state index contributed by atoms with van der Waals surface area (Å²) < 4.78 is 0. The summed E-state index contributed by atoms with van der Waals surface area (Å²) in [6.45, 7) is 6.17. The van der Waals surface area contributed by atoms with Gasteiger partial charge < -0.3 is 15.3 Å². The third-order valence-electron chi connectivity index (χ3n) is 4.14. The van der Waals surface area contributed by atoms with E-state index >= 15 is 0 Å². The van der Waals surface area contributed by atoms with Gasteiger partial charge in [0.05, 0.1) is 12.0 Å². The highest BCUT2D eigenvalue weighted by Gasteiger charge is 2.35. The number of hydrogen-bond acceptors (Lipinski definition) is 3. The first kappa shape index (κ1) is 17.5. The second kappa shape index (κ2) is 7.15. The predicted octanol–water partition coefficient (Wildman–Crippen LogP) is 2.52. The van der Waals surface area contributed by atoms with E-state index in [1.54, 1.807) is 17.0 Å². The molecule has 1 fully saturated rings. The standard InChI is InChI=1S/C17H21ClN2O3/c1-3-16(22)20-8-6-17(23,7-9-20)11-15(21)19-14-10-13(18)5-4-12(14)2/h3-5,10,23H,1,6-9,11H2,2H3,(H,19,21). The second-order valence-electron chi connectivity index (χ2n) is 5.94. The summed E-state index contributed by atoms with van der Waals surface area (Å²) in [6, 6.07) is 5.27. The lowest BCUT2D eigenvalue weighted by Crippen LogP contribution is -2.47. The average Bonchev–Trinajstić information content (AvgIpc) is 2.50. The number of carbonyl (C=O) groups excluding carboxylic acids is 2. The van der Waals surface area contributed by atoms with Crippen LogP contribution in [0.5, 0.6) is 0 Å². The Hall–Kier alpha value is -1.85. The smallest absolute Gasteiger partial charge is 0.245 e. The number of carbonyl (C=O) groups is 2. The van der Waals surface area contributed by atoms with Gasteiger partial charge in [0.1, 0.15) is 0 Å². The number of halogens is 1. The number of benzene rings is 1. The van der Waals surface area contributed by atoms with Gasteiger partial charge >= 0.3 is 0 Å². The van der Waals surface area contributed by atoms with Crippen LogP contribution in [0.1, 0.15) is 24.8 Å². The van der Waals surface area contributed by atoms with E-state index in [2.05, 4.69) is 11.9 Å². The molecule has 1 aliphatic rings. The number of hydrogen-bond donors (Lipinski definition) is 2. The summed E-state index contributed by atoms with van der Waals surface area (Å²) in [6.07, 6.45) is 2.00. The summed E-state index contributed by atoms with van der Waals surface area (Å²) >= 11 is 5.93. The van der Waals surface area contributed by atoms with Crippen LogP contribution in [0.25, 0.3) is 0 Å². The van der Waals surface area contributed by atoms with Crippen LogP contribution in [0.4, 0.5) is 5.69 Å². The fraction of sp³-hybridized carbons (Fsp3) is 0.412. The van der Waals surface area contributed by atoms with Crippen molar-refractivity contribution in [3.63, 3.8) is 0 Å². The maximum absolute atomic E-state index is 12.2. The van der Waals surface area contributed by atoms with Crippen molar-refractivity contribution in [2.75, 3.05) is 18.4 Å². The lowest BCUT2D eigenvalue weighted by molar-refractivity contribution is -0.132. The zero-order valence-electron chi connectivity index (χ0n) is 13.1. The van der Waals surface area contributed by atoms with Gasteiger partial charge in [0.25, 0.3) is 0 Å². The van der Waals surface area contributed by atoms with Crippen LogP contribution in [-0.2, 0) is 9.59 Å². The Morgan fingerprint density at radius 1 is 1.43 bits per heavy atom. The number of amides is 2. The van der Waals surface area contributed by atoms with Crippen LogP contribution < -0.4 is 5.32 Å². The minimum absolute atomic E-state index is 0.00489. The van der Waals surface area contributed by atoms with E-state index in [0.29, 0.717) is 36.6 Å². The van der Waals surface area contributed by atoms with E-state index in [9.17, 15) is 14.7 Å². The number of nitrogens with one attached hydrogen (secondary N) is 1. The average molecular weight is 337 g/mol. The van der Waals surface area contributed by atoms with Crippen LogP contribution in [0.2, 0.25) is 5.02 Å². The zero-order chi connectivity index (χ0) is 17.0. The normalized spacial score (nSPS) is 16.7. The van der Waals surface area contributed by atoms with E-state index in [0.717, 1.165) is 5.56 Å². The van der Waals surface area contributed by atoms with Crippen LogP contribution >= 0.6 is 11.6 Å². The molecule has 0 atom stereocenters. The number of anilines is 1. The molecular weight excluding hydrogens is 316 g/mol. The Bertz CT molecular complexity index is 622. The molecule has 0 aliphatic carbocycles. The summed E-state index contributed by atoms with van der Waals surface area (Å²) in [5, 5.41) is 13.9. The topological polar surface area (TPSA) is 69.6 Å². The molecule has 2 amide bonds. The molecule has 0 aromatic heterocycles. The monoisotopic (exact) mass is 336 g/mol. The SMILES string of the molecule is C=CC(=O)N1CCC(O)(CC(=O)Nc2cc(Cl)ccc2C)CC1. The molecule has 1 heterocycles. The Kier molecular flexibility index (Phi) is 5.44. The minimum atomic E-state index is -1.09. The number of likely N-dealkylation sites (tertiary alicyclic amines) is 1. The van der Waals surface area contributed by atoms with Crippen LogP contribution in [0, 0.1) is 6.92 Å². The van der Waals surface area contributed by atoms with Crippen LogP contribution in [0.3, 0.4) is 0 Å². The van der Waals surface area contributed by atoms with E-state index < -0.39 is 5.60 Å². The summed E-state index contributed by atoms with van der Waals surface area (Å²) in [5.41, 5.74) is 0.459. The molecule has 2 N–H and O–H groups in total. The number of nitrogens with zero attached hydrogens (tertiary/aromatic N) is 1. The maximum Gasteiger partial charge on any atom is 0.245 e. The predicted molar refractivity (Wildman–Crippen MR) is 90.4 cm³/mol. The van der Waals surface area contributed by atoms with Gasteiger partial charge in [-0.2, -0.15) is 0 Å². The molecule has 0 unspecified atom stereocenters. The Labute approximate surface area is 140 Å². The fourth-order valence-corrected chi connectivity index (χ4v) is 2.84. The van der Waals surface area contributed by atoms with Crippen molar-refractivity contribution in [3.8, 4) is 0 Å². The minimum Gasteiger partial charge on any atom is -0.389 e. The number of aliphatic hydroxyl groups is 1.